The van der Waals surface area contributed by atoms with E-state index in [1.54, 1.807) is 18.3 Å². The van der Waals surface area contributed by atoms with E-state index >= 15 is 0 Å². The zero-order valence-corrected chi connectivity index (χ0v) is 16.9. The number of ether oxygens (including phenoxy) is 2. The molecule has 8 nitrogen and oxygen atoms in total. The standard InChI is InChI=1S/C23H21N3O5/c1-2-30-15-8-6-14(7-9-15)12-26-17-5-3-4-16(23(24)29)21(17)22-18(26)10-25-11-19(22)31-13-20(27)28/h3-11H,2,12-13H2,1H3,(H2,24,29)(H,27,28). The van der Waals surface area contributed by atoms with Crippen LogP contribution in [0.25, 0.3) is 21.8 Å². The second kappa shape index (κ2) is 8.35. The van der Waals surface area contributed by atoms with Crippen LogP contribution in [0.3, 0.4) is 0 Å². The lowest BCUT2D eigenvalue weighted by atomic mass is 10.1. The maximum Gasteiger partial charge on any atom is 0.341 e. The number of carboxylic acids is 1. The zero-order chi connectivity index (χ0) is 22.0. The molecular weight excluding hydrogens is 398 g/mol. The summed E-state index contributed by atoms with van der Waals surface area (Å²) in [5, 5.41) is 10.2. The fraction of sp³-hybridized carbons (Fsp3) is 0.174. The van der Waals surface area contributed by atoms with Gasteiger partial charge in [0, 0.05) is 17.5 Å². The molecule has 0 unspecified atom stereocenters. The van der Waals surface area contributed by atoms with Crippen LogP contribution in [-0.4, -0.2) is 39.7 Å². The predicted molar refractivity (Wildman–Crippen MR) is 116 cm³/mol. The Morgan fingerprint density at radius 3 is 2.48 bits per heavy atom. The molecule has 4 rings (SSSR count). The molecule has 0 aliphatic heterocycles. The SMILES string of the molecule is CCOc1ccc(Cn2c3cncc(OCC(=O)O)c3c3c(C(N)=O)cccc32)cc1. The quantitative estimate of drug-likeness (QED) is 0.453. The molecule has 2 aromatic carbocycles. The molecule has 0 aliphatic carbocycles. The van der Waals surface area contributed by atoms with Crippen molar-refractivity contribution in [3.63, 3.8) is 0 Å². The highest BCUT2D eigenvalue weighted by molar-refractivity contribution is 6.19. The summed E-state index contributed by atoms with van der Waals surface area (Å²) in [6.07, 6.45) is 3.12. The number of primary amides is 1. The first-order chi connectivity index (χ1) is 15.0. The van der Waals surface area contributed by atoms with E-state index in [9.17, 15) is 9.59 Å². The Hall–Kier alpha value is -4.07. The summed E-state index contributed by atoms with van der Waals surface area (Å²) in [5.74, 6) is -0.614. The molecule has 2 aromatic heterocycles. The van der Waals surface area contributed by atoms with E-state index in [1.807, 2.05) is 41.8 Å². The second-order valence-corrected chi connectivity index (χ2v) is 6.94. The molecule has 4 aromatic rings. The summed E-state index contributed by atoms with van der Waals surface area (Å²) in [4.78, 5) is 27.4. The van der Waals surface area contributed by atoms with E-state index in [4.69, 9.17) is 20.3 Å². The molecule has 31 heavy (non-hydrogen) atoms. The Bertz CT molecular complexity index is 1280. The minimum Gasteiger partial charge on any atom is -0.494 e. The number of carbonyl (C=O) groups is 2. The Balaban J connectivity index is 1.91. The van der Waals surface area contributed by atoms with Crippen molar-refractivity contribution in [3.8, 4) is 11.5 Å². The van der Waals surface area contributed by atoms with Gasteiger partial charge in [-0.05, 0) is 36.8 Å². The van der Waals surface area contributed by atoms with Crippen molar-refractivity contribution in [2.24, 2.45) is 5.73 Å². The van der Waals surface area contributed by atoms with Gasteiger partial charge in [0.2, 0.25) is 5.91 Å². The molecule has 8 heteroatoms. The number of carbonyl (C=O) groups excluding carboxylic acids is 1. The van der Waals surface area contributed by atoms with Crippen LogP contribution >= 0.6 is 0 Å². The van der Waals surface area contributed by atoms with E-state index in [0.29, 0.717) is 35.0 Å². The van der Waals surface area contributed by atoms with Gasteiger partial charge in [0.25, 0.3) is 0 Å². The van der Waals surface area contributed by atoms with Crippen molar-refractivity contribution in [3.05, 3.63) is 66.0 Å². The van der Waals surface area contributed by atoms with Crippen LogP contribution in [0.1, 0.15) is 22.8 Å². The predicted octanol–water partition coefficient (Wildman–Crippen LogP) is 3.20. The van der Waals surface area contributed by atoms with Crippen LogP contribution < -0.4 is 15.2 Å². The number of benzene rings is 2. The average molecular weight is 419 g/mol. The topological polar surface area (TPSA) is 117 Å². The van der Waals surface area contributed by atoms with Gasteiger partial charge in [0.15, 0.2) is 6.61 Å². The first-order valence-corrected chi connectivity index (χ1v) is 9.74. The van der Waals surface area contributed by atoms with Crippen LogP contribution in [0.2, 0.25) is 0 Å². The van der Waals surface area contributed by atoms with Gasteiger partial charge >= 0.3 is 5.97 Å². The first kappa shape index (κ1) is 20.2. The number of rotatable bonds is 8. The molecule has 0 fully saturated rings. The Morgan fingerprint density at radius 2 is 1.81 bits per heavy atom. The molecule has 2 heterocycles. The van der Waals surface area contributed by atoms with Crippen LogP contribution in [0.15, 0.2) is 54.9 Å². The smallest absolute Gasteiger partial charge is 0.341 e. The van der Waals surface area contributed by atoms with Gasteiger partial charge in [-0.15, -0.1) is 0 Å². The van der Waals surface area contributed by atoms with Crippen molar-refractivity contribution < 1.29 is 24.2 Å². The lowest BCUT2D eigenvalue weighted by molar-refractivity contribution is -0.139. The molecule has 0 atom stereocenters. The van der Waals surface area contributed by atoms with Crippen LogP contribution in [-0.2, 0) is 11.3 Å². The van der Waals surface area contributed by atoms with E-state index in [0.717, 1.165) is 16.8 Å². The highest BCUT2D eigenvalue weighted by atomic mass is 16.5. The van der Waals surface area contributed by atoms with Gasteiger partial charge in [-0.3, -0.25) is 9.78 Å². The molecule has 3 N–H and O–H groups in total. The van der Waals surface area contributed by atoms with Crippen molar-refractivity contribution in [2.75, 3.05) is 13.2 Å². The molecule has 0 saturated heterocycles. The Morgan fingerprint density at radius 1 is 1.03 bits per heavy atom. The van der Waals surface area contributed by atoms with Gasteiger partial charge < -0.3 is 24.9 Å². The van der Waals surface area contributed by atoms with E-state index < -0.39 is 18.5 Å². The lowest BCUT2D eigenvalue weighted by Gasteiger charge is -2.09. The maximum atomic E-state index is 12.2. The number of pyridine rings is 1. The molecule has 0 saturated carbocycles. The number of aromatic nitrogens is 2. The average Bonchev–Trinajstić information content (AvgIpc) is 3.08. The number of amides is 1. The molecule has 158 valence electrons. The molecule has 0 aliphatic rings. The summed E-state index contributed by atoms with van der Waals surface area (Å²) in [6.45, 7) is 2.50. The third-order valence-electron chi connectivity index (χ3n) is 4.96. The molecule has 0 spiro atoms. The van der Waals surface area contributed by atoms with Crippen molar-refractivity contribution in [2.45, 2.75) is 13.5 Å². The van der Waals surface area contributed by atoms with Gasteiger partial charge in [-0.2, -0.15) is 0 Å². The number of hydrogen-bond donors (Lipinski definition) is 2. The van der Waals surface area contributed by atoms with E-state index in [-0.39, 0.29) is 5.75 Å². The van der Waals surface area contributed by atoms with Crippen molar-refractivity contribution in [1.29, 1.82) is 0 Å². The first-order valence-electron chi connectivity index (χ1n) is 9.74. The molecule has 0 bridgehead atoms. The van der Waals surface area contributed by atoms with Crippen LogP contribution in [0, 0.1) is 0 Å². The third-order valence-corrected chi connectivity index (χ3v) is 4.96. The Labute approximate surface area is 177 Å². The van der Waals surface area contributed by atoms with Gasteiger partial charge in [0.05, 0.1) is 35.4 Å². The Kier molecular flexibility index (Phi) is 5.44. The number of carboxylic acid groups (broad SMARTS) is 1. The van der Waals surface area contributed by atoms with E-state index in [1.165, 1.54) is 6.20 Å². The third kappa shape index (κ3) is 3.87. The van der Waals surface area contributed by atoms with Crippen molar-refractivity contribution in [1.82, 2.24) is 9.55 Å². The number of nitrogens with two attached hydrogens (primary N) is 1. The minimum atomic E-state index is -1.11. The van der Waals surface area contributed by atoms with Crippen LogP contribution in [0.5, 0.6) is 11.5 Å². The number of aliphatic carboxylic acids is 1. The van der Waals surface area contributed by atoms with Crippen molar-refractivity contribution >= 4 is 33.7 Å². The number of nitrogens with zero attached hydrogens (tertiary/aromatic N) is 2. The summed E-state index contributed by atoms with van der Waals surface area (Å²) in [7, 11) is 0. The fourth-order valence-corrected chi connectivity index (χ4v) is 3.71. The molecule has 0 radical (unpaired) electrons. The van der Waals surface area contributed by atoms with E-state index in [2.05, 4.69) is 4.98 Å². The monoisotopic (exact) mass is 419 g/mol. The number of hydrogen-bond acceptors (Lipinski definition) is 5. The summed E-state index contributed by atoms with van der Waals surface area (Å²) in [5.41, 5.74) is 8.47. The van der Waals surface area contributed by atoms with Gasteiger partial charge in [-0.25, -0.2) is 4.79 Å². The maximum absolute atomic E-state index is 12.2. The highest BCUT2D eigenvalue weighted by Gasteiger charge is 2.20. The second-order valence-electron chi connectivity index (χ2n) is 6.94. The summed E-state index contributed by atoms with van der Waals surface area (Å²) >= 11 is 0. The minimum absolute atomic E-state index is 0.282. The van der Waals surface area contributed by atoms with Gasteiger partial charge in [-0.1, -0.05) is 18.2 Å². The summed E-state index contributed by atoms with van der Waals surface area (Å²) < 4.78 is 13.0. The largest absolute Gasteiger partial charge is 0.494 e. The highest BCUT2D eigenvalue weighted by Crippen LogP contribution is 2.37. The normalized spacial score (nSPS) is 11.0. The van der Waals surface area contributed by atoms with Gasteiger partial charge in [0.1, 0.15) is 11.5 Å². The lowest BCUT2D eigenvalue weighted by Crippen LogP contribution is -2.11. The molecular formula is C23H21N3O5. The molecule has 1 amide bonds. The number of fused-ring (bicyclic) bond motifs is 3. The fourth-order valence-electron chi connectivity index (χ4n) is 3.71. The summed E-state index contributed by atoms with van der Waals surface area (Å²) in [6, 6.07) is 13.0. The van der Waals surface area contributed by atoms with Crippen LogP contribution in [0.4, 0.5) is 0 Å². The zero-order valence-electron chi connectivity index (χ0n) is 16.9.